The maximum absolute atomic E-state index is 13.0. The van der Waals surface area contributed by atoms with Crippen molar-refractivity contribution in [1.82, 2.24) is 0 Å². The van der Waals surface area contributed by atoms with E-state index in [9.17, 15) is 25.0 Å². The normalized spacial score (nSPS) is 17.3. The Morgan fingerprint density at radius 3 is 1.50 bits per heavy atom. The SMILES string of the molecule is O=C1/C(=C/C=C/c2ccccc2[N+](=O)[O-])CCCC/C1=C\C=C\c1ccccc1[N+](=O)[O-]. The van der Waals surface area contributed by atoms with Crippen molar-refractivity contribution in [3.05, 3.63) is 115 Å². The van der Waals surface area contributed by atoms with Crippen molar-refractivity contribution in [2.45, 2.75) is 25.7 Å². The molecule has 3 rings (SSSR count). The molecule has 0 N–H and O–H groups in total. The molecule has 0 aromatic heterocycles. The zero-order chi connectivity index (χ0) is 22.9. The summed E-state index contributed by atoms with van der Waals surface area (Å²) in [7, 11) is 0. The zero-order valence-corrected chi connectivity index (χ0v) is 17.3. The summed E-state index contributed by atoms with van der Waals surface area (Å²) in [4.78, 5) is 34.4. The fourth-order valence-corrected chi connectivity index (χ4v) is 3.51. The standard InChI is InChI=1S/C25H22N2O5/c28-25-21(15-7-13-19-9-3-5-17-23(19)26(29)30)11-1-2-12-22(25)16-8-14-20-10-4-6-18-24(20)27(31)32/h3-10,13-18H,1-2,11-12H2/b13-7+,14-8+,21-15+,22-16+. The van der Waals surface area contributed by atoms with Crippen LogP contribution < -0.4 is 0 Å². The number of nitro benzene ring substituents is 2. The Balaban J connectivity index is 1.80. The summed E-state index contributed by atoms with van der Waals surface area (Å²) >= 11 is 0. The molecule has 1 fully saturated rings. The monoisotopic (exact) mass is 430 g/mol. The molecular formula is C25H22N2O5. The minimum atomic E-state index is -0.437. The minimum Gasteiger partial charge on any atom is -0.289 e. The number of carbonyl (C=O) groups excluding carboxylic acids is 1. The Hall–Kier alpha value is -4.13. The van der Waals surface area contributed by atoms with Gasteiger partial charge < -0.3 is 0 Å². The number of nitro groups is 2. The third-order valence-electron chi connectivity index (χ3n) is 5.14. The highest BCUT2D eigenvalue weighted by Crippen LogP contribution is 2.25. The molecule has 0 bridgehead atoms. The van der Waals surface area contributed by atoms with Gasteiger partial charge in [-0.05, 0) is 61.1 Å². The second-order valence-electron chi connectivity index (χ2n) is 7.27. The number of benzene rings is 2. The van der Waals surface area contributed by atoms with Gasteiger partial charge in [-0.25, -0.2) is 0 Å². The predicted octanol–water partition coefficient (Wildman–Crippen LogP) is 6.23. The highest BCUT2D eigenvalue weighted by atomic mass is 16.6. The van der Waals surface area contributed by atoms with Crippen LogP contribution in [0.1, 0.15) is 36.8 Å². The van der Waals surface area contributed by atoms with Gasteiger partial charge in [0.1, 0.15) is 0 Å². The van der Waals surface area contributed by atoms with E-state index in [1.807, 2.05) is 0 Å². The quantitative estimate of drug-likeness (QED) is 0.234. The van der Waals surface area contributed by atoms with E-state index in [0.29, 0.717) is 35.1 Å². The molecule has 162 valence electrons. The lowest BCUT2D eigenvalue weighted by Crippen LogP contribution is -2.03. The van der Waals surface area contributed by atoms with Gasteiger partial charge >= 0.3 is 0 Å². The molecule has 0 aliphatic heterocycles. The maximum atomic E-state index is 13.0. The largest absolute Gasteiger partial charge is 0.289 e. The molecule has 1 aliphatic carbocycles. The second-order valence-corrected chi connectivity index (χ2v) is 7.27. The fourth-order valence-electron chi connectivity index (χ4n) is 3.51. The van der Waals surface area contributed by atoms with Crippen LogP contribution in [0.3, 0.4) is 0 Å². The van der Waals surface area contributed by atoms with E-state index in [0.717, 1.165) is 12.8 Å². The van der Waals surface area contributed by atoms with Crippen LogP contribution >= 0.6 is 0 Å². The van der Waals surface area contributed by atoms with Gasteiger partial charge in [0, 0.05) is 12.1 Å². The summed E-state index contributed by atoms with van der Waals surface area (Å²) in [6, 6.07) is 12.8. The molecule has 1 aliphatic rings. The number of nitrogens with zero attached hydrogens (tertiary/aromatic N) is 2. The van der Waals surface area contributed by atoms with E-state index in [-0.39, 0.29) is 17.2 Å². The predicted molar refractivity (Wildman–Crippen MR) is 124 cm³/mol. The van der Waals surface area contributed by atoms with Crippen LogP contribution in [0.5, 0.6) is 0 Å². The Kier molecular flexibility index (Phi) is 7.59. The molecule has 0 amide bonds. The Bertz CT molecular complexity index is 1070. The topological polar surface area (TPSA) is 103 Å². The molecule has 2 aromatic carbocycles. The van der Waals surface area contributed by atoms with E-state index in [2.05, 4.69) is 0 Å². The van der Waals surface area contributed by atoms with Crippen LogP contribution in [0.25, 0.3) is 12.2 Å². The van der Waals surface area contributed by atoms with E-state index in [4.69, 9.17) is 0 Å². The molecule has 0 saturated heterocycles. The van der Waals surface area contributed by atoms with E-state index < -0.39 is 9.85 Å². The number of Topliss-reactive ketones (excluding diaryl/α,β-unsaturated/α-hetero) is 1. The summed E-state index contributed by atoms with van der Waals surface area (Å²) in [6.45, 7) is 0. The van der Waals surface area contributed by atoms with Gasteiger partial charge in [0.15, 0.2) is 5.78 Å². The average molecular weight is 430 g/mol. The molecule has 1 saturated carbocycles. The van der Waals surface area contributed by atoms with Crippen LogP contribution in [-0.4, -0.2) is 15.6 Å². The molecule has 0 spiro atoms. The zero-order valence-electron chi connectivity index (χ0n) is 17.3. The van der Waals surface area contributed by atoms with Gasteiger partial charge in [-0.15, -0.1) is 0 Å². The van der Waals surface area contributed by atoms with E-state index in [1.165, 1.54) is 12.1 Å². The lowest BCUT2D eigenvalue weighted by atomic mass is 10.0. The summed E-state index contributed by atoms with van der Waals surface area (Å²) in [5.41, 5.74) is 2.24. The summed E-state index contributed by atoms with van der Waals surface area (Å²) in [6.07, 6.45) is 13.0. The number of para-hydroxylation sites is 2. The molecule has 0 atom stereocenters. The molecule has 0 radical (unpaired) electrons. The van der Waals surface area contributed by atoms with E-state index in [1.54, 1.807) is 72.9 Å². The van der Waals surface area contributed by atoms with Gasteiger partial charge in [0.25, 0.3) is 11.4 Å². The van der Waals surface area contributed by atoms with Crippen LogP contribution in [-0.2, 0) is 4.79 Å². The average Bonchev–Trinajstić information content (AvgIpc) is 2.96. The molecular weight excluding hydrogens is 408 g/mol. The van der Waals surface area contributed by atoms with Crippen molar-refractivity contribution in [2.24, 2.45) is 0 Å². The number of hydrogen-bond acceptors (Lipinski definition) is 5. The van der Waals surface area contributed by atoms with Crippen molar-refractivity contribution in [1.29, 1.82) is 0 Å². The molecule has 32 heavy (non-hydrogen) atoms. The number of rotatable bonds is 6. The first-order valence-electron chi connectivity index (χ1n) is 10.2. The van der Waals surface area contributed by atoms with Gasteiger partial charge in [-0.3, -0.25) is 25.0 Å². The van der Waals surface area contributed by atoms with Gasteiger partial charge in [-0.1, -0.05) is 48.6 Å². The third kappa shape index (κ3) is 5.72. The number of ketones is 1. The van der Waals surface area contributed by atoms with Crippen molar-refractivity contribution in [3.63, 3.8) is 0 Å². The van der Waals surface area contributed by atoms with Gasteiger partial charge in [0.05, 0.1) is 21.0 Å². The van der Waals surface area contributed by atoms with Crippen LogP contribution in [0.2, 0.25) is 0 Å². The minimum absolute atomic E-state index is 0.00932. The molecule has 7 heteroatoms. The van der Waals surface area contributed by atoms with Crippen molar-refractivity contribution in [3.8, 4) is 0 Å². The molecule has 7 nitrogen and oxygen atoms in total. The second kappa shape index (κ2) is 10.8. The Labute approximate surface area is 185 Å². The summed E-state index contributed by atoms with van der Waals surface area (Å²) in [5, 5.41) is 22.3. The van der Waals surface area contributed by atoms with E-state index >= 15 is 0 Å². The number of hydrogen-bond donors (Lipinski definition) is 0. The fraction of sp³-hybridized carbons (Fsp3) is 0.160. The van der Waals surface area contributed by atoms with Crippen LogP contribution in [0.15, 0.2) is 84.0 Å². The Morgan fingerprint density at radius 1 is 0.688 bits per heavy atom. The van der Waals surface area contributed by atoms with Crippen molar-refractivity contribution in [2.75, 3.05) is 0 Å². The summed E-state index contributed by atoms with van der Waals surface area (Å²) < 4.78 is 0. The maximum Gasteiger partial charge on any atom is 0.276 e. The van der Waals surface area contributed by atoms with Gasteiger partial charge in [-0.2, -0.15) is 0 Å². The van der Waals surface area contributed by atoms with Crippen molar-refractivity contribution < 1.29 is 14.6 Å². The number of carbonyl (C=O) groups is 1. The first kappa shape index (κ1) is 22.6. The van der Waals surface area contributed by atoms with Crippen LogP contribution in [0, 0.1) is 20.2 Å². The first-order chi connectivity index (χ1) is 15.5. The summed E-state index contributed by atoms with van der Waals surface area (Å²) in [5.74, 6) is -0.0677. The van der Waals surface area contributed by atoms with Crippen molar-refractivity contribution >= 4 is 29.3 Å². The highest BCUT2D eigenvalue weighted by molar-refractivity contribution is 6.08. The molecule has 2 aromatic rings. The third-order valence-corrected chi connectivity index (χ3v) is 5.14. The molecule has 0 heterocycles. The smallest absolute Gasteiger partial charge is 0.276 e. The van der Waals surface area contributed by atoms with Gasteiger partial charge in [0.2, 0.25) is 0 Å². The first-order valence-corrected chi connectivity index (χ1v) is 10.2. The molecule has 0 unspecified atom stereocenters. The lowest BCUT2D eigenvalue weighted by molar-refractivity contribution is -0.385. The number of allylic oxidation sites excluding steroid dienone is 6. The lowest BCUT2D eigenvalue weighted by Gasteiger charge is -2.03. The Morgan fingerprint density at radius 2 is 1.09 bits per heavy atom. The highest BCUT2D eigenvalue weighted by Gasteiger charge is 2.18. The van der Waals surface area contributed by atoms with Crippen LogP contribution in [0.4, 0.5) is 11.4 Å².